The number of phenols is 1. The number of aromatic hydroxyl groups is 1. The highest BCUT2D eigenvalue weighted by Crippen LogP contribution is 2.12. The summed E-state index contributed by atoms with van der Waals surface area (Å²) in [6.45, 7) is 2.20. The molecule has 1 N–H and O–H groups in total. The molecule has 1 aromatic rings. The van der Waals surface area contributed by atoms with Gasteiger partial charge in [0.15, 0.2) is 6.61 Å². The molecule has 0 unspecified atom stereocenters. The highest BCUT2D eigenvalue weighted by Gasteiger charge is 2.16. The number of ether oxygens (including phenoxy) is 1. The second-order valence-electron chi connectivity index (χ2n) is 4.06. The fourth-order valence-corrected chi connectivity index (χ4v) is 1.69. The standard InChI is InChI=1S/C13H16N2O4/c16-12-4-2-1-3-11(12)9-14-19-10-13(17)15-5-7-18-8-6-15/h1-4,9,16H,5-8,10H2. The first-order valence-corrected chi connectivity index (χ1v) is 6.06. The van der Waals surface area contributed by atoms with Gasteiger partial charge in [0.2, 0.25) is 0 Å². The van der Waals surface area contributed by atoms with Gasteiger partial charge in [-0.05, 0) is 12.1 Å². The molecule has 1 saturated heterocycles. The maximum Gasteiger partial charge on any atom is 0.263 e. The molecule has 0 spiro atoms. The number of hydrogen-bond acceptors (Lipinski definition) is 5. The lowest BCUT2D eigenvalue weighted by atomic mass is 10.2. The Kier molecular flexibility index (Phi) is 4.74. The molecule has 102 valence electrons. The van der Waals surface area contributed by atoms with Gasteiger partial charge in [-0.15, -0.1) is 0 Å². The van der Waals surface area contributed by atoms with Crippen LogP contribution in [0.3, 0.4) is 0 Å². The van der Waals surface area contributed by atoms with Gasteiger partial charge in [0.1, 0.15) is 5.75 Å². The summed E-state index contributed by atoms with van der Waals surface area (Å²) >= 11 is 0. The van der Waals surface area contributed by atoms with Crippen LogP contribution in [-0.4, -0.2) is 55.0 Å². The molecule has 1 aliphatic heterocycles. The van der Waals surface area contributed by atoms with E-state index in [2.05, 4.69) is 5.16 Å². The predicted molar refractivity (Wildman–Crippen MR) is 69.1 cm³/mol. The number of hydrogen-bond donors (Lipinski definition) is 1. The molecule has 0 bridgehead atoms. The molecule has 19 heavy (non-hydrogen) atoms. The van der Waals surface area contributed by atoms with E-state index in [4.69, 9.17) is 9.57 Å². The number of carbonyl (C=O) groups is 1. The summed E-state index contributed by atoms with van der Waals surface area (Å²) in [5.41, 5.74) is 0.543. The number of para-hydroxylation sites is 1. The number of oxime groups is 1. The molecule has 0 aliphatic carbocycles. The maximum atomic E-state index is 11.7. The number of rotatable bonds is 4. The summed E-state index contributed by atoms with van der Waals surface area (Å²) in [5, 5.41) is 13.2. The fourth-order valence-electron chi connectivity index (χ4n) is 1.69. The highest BCUT2D eigenvalue weighted by atomic mass is 16.6. The first kappa shape index (κ1) is 13.4. The van der Waals surface area contributed by atoms with Gasteiger partial charge < -0.3 is 19.6 Å². The molecular weight excluding hydrogens is 248 g/mol. The molecular formula is C13H16N2O4. The Morgan fingerprint density at radius 3 is 2.89 bits per heavy atom. The topological polar surface area (TPSA) is 71.4 Å². The van der Waals surface area contributed by atoms with Crippen molar-refractivity contribution in [2.75, 3.05) is 32.9 Å². The Morgan fingerprint density at radius 2 is 2.16 bits per heavy atom. The quantitative estimate of drug-likeness (QED) is 0.638. The van der Waals surface area contributed by atoms with Gasteiger partial charge in [-0.25, -0.2) is 0 Å². The molecule has 2 rings (SSSR count). The van der Waals surface area contributed by atoms with E-state index in [0.717, 1.165) is 0 Å². The van der Waals surface area contributed by atoms with Crippen molar-refractivity contribution < 1.29 is 19.5 Å². The molecule has 1 heterocycles. The molecule has 0 atom stereocenters. The third-order valence-corrected chi connectivity index (χ3v) is 2.75. The van der Waals surface area contributed by atoms with Crippen LogP contribution in [0.2, 0.25) is 0 Å². The van der Waals surface area contributed by atoms with Crippen LogP contribution in [0.4, 0.5) is 0 Å². The Hall–Kier alpha value is -2.08. The Morgan fingerprint density at radius 1 is 1.42 bits per heavy atom. The Bertz CT molecular complexity index is 456. The molecule has 1 fully saturated rings. The Labute approximate surface area is 111 Å². The van der Waals surface area contributed by atoms with Crippen molar-refractivity contribution in [3.63, 3.8) is 0 Å². The van der Waals surface area contributed by atoms with Crippen molar-refractivity contribution in [2.24, 2.45) is 5.16 Å². The summed E-state index contributed by atoms with van der Waals surface area (Å²) in [4.78, 5) is 18.3. The normalized spacial score (nSPS) is 15.7. The van der Waals surface area contributed by atoms with Crippen molar-refractivity contribution in [3.05, 3.63) is 29.8 Å². The number of nitrogens with zero attached hydrogens (tertiary/aromatic N) is 2. The van der Waals surface area contributed by atoms with Crippen molar-refractivity contribution in [1.82, 2.24) is 4.90 Å². The molecule has 1 amide bonds. The van der Waals surface area contributed by atoms with E-state index in [1.54, 1.807) is 29.2 Å². The highest BCUT2D eigenvalue weighted by molar-refractivity contribution is 5.83. The SMILES string of the molecule is O=C(CON=Cc1ccccc1O)N1CCOCC1. The number of phenolic OH excluding ortho intramolecular Hbond substituents is 1. The van der Waals surface area contributed by atoms with Gasteiger partial charge in [-0.2, -0.15) is 0 Å². The minimum atomic E-state index is -0.113. The van der Waals surface area contributed by atoms with Crippen molar-refractivity contribution in [3.8, 4) is 5.75 Å². The summed E-state index contributed by atoms with van der Waals surface area (Å²) in [6, 6.07) is 6.75. The second kappa shape index (κ2) is 6.75. The lowest BCUT2D eigenvalue weighted by Gasteiger charge is -2.26. The first-order valence-electron chi connectivity index (χ1n) is 6.06. The maximum absolute atomic E-state index is 11.7. The van der Waals surface area contributed by atoms with E-state index in [9.17, 15) is 9.90 Å². The van der Waals surface area contributed by atoms with E-state index < -0.39 is 0 Å². The predicted octanol–water partition coefficient (Wildman–Crippen LogP) is 0.601. The van der Waals surface area contributed by atoms with Gasteiger partial charge in [0.05, 0.1) is 19.4 Å². The van der Waals surface area contributed by atoms with E-state index in [-0.39, 0.29) is 18.3 Å². The van der Waals surface area contributed by atoms with Crippen LogP contribution in [0.25, 0.3) is 0 Å². The van der Waals surface area contributed by atoms with Crippen LogP contribution in [-0.2, 0) is 14.4 Å². The average Bonchev–Trinajstić information content (AvgIpc) is 2.46. The van der Waals surface area contributed by atoms with Crippen LogP contribution in [0.5, 0.6) is 5.75 Å². The molecule has 6 heteroatoms. The minimum absolute atomic E-state index is 0.107. The third-order valence-electron chi connectivity index (χ3n) is 2.75. The summed E-state index contributed by atoms with van der Waals surface area (Å²) in [5.74, 6) is 0.00656. The molecule has 6 nitrogen and oxygen atoms in total. The zero-order chi connectivity index (χ0) is 13.5. The van der Waals surface area contributed by atoms with Crippen molar-refractivity contribution >= 4 is 12.1 Å². The molecule has 0 radical (unpaired) electrons. The van der Waals surface area contributed by atoms with Gasteiger partial charge in [-0.3, -0.25) is 4.79 Å². The number of benzene rings is 1. The average molecular weight is 264 g/mol. The number of amides is 1. The van der Waals surface area contributed by atoms with E-state index in [1.807, 2.05) is 0 Å². The second-order valence-corrected chi connectivity index (χ2v) is 4.06. The van der Waals surface area contributed by atoms with Crippen LogP contribution in [0.1, 0.15) is 5.56 Å². The fraction of sp³-hybridized carbons (Fsp3) is 0.385. The lowest BCUT2D eigenvalue weighted by molar-refractivity contribution is -0.140. The van der Waals surface area contributed by atoms with E-state index >= 15 is 0 Å². The van der Waals surface area contributed by atoms with Crippen LogP contribution in [0.15, 0.2) is 29.4 Å². The number of morpholine rings is 1. The summed E-state index contributed by atoms with van der Waals surface area (Å²) < 4.78 is 5.15. The van der Waals surface area contributed by atoms with Gasteiger partial charge >= 0.3 is 0 Å². The van der Waals surface area contributed by atoms with Crippen molar-refractivity contribution in [2.45, 2.75) is 0 Å². The first-order chi connectivity index (χ1) is 9.27. The smallest absolute Gasteiger partial charge is 0.263 e. The van der Waals surface area contributed by atoms with E-state index in [1.165, 1.54) is 6.21 Å². The van der Waals surface area contributed by atoms with Gasteiger partial charge in [0, 0.05) is 18.7 Å². The Balaban J connectivity index is 1.77. The van der Waals surface area contributed by atoms with Crippen LogP contribution < -0.4 is 0 Å². The molecule has 0 aromatic heterocycles. The zero-order valence-electron chi connectivity index (χ0n) is 10.5. The lowest BCUT2D eigenvalue weighted by Crippen LogP contribution is -2.42. The van der Waals surface area contributed by atoms with Gasteiger partial charge in [0.25, 0.3) is 5.91 Å². The summed E-state index contributed by atoms with van der Waals surface area (Å²) in [6.07, 6.45) is 1.38. The minimum Gasteiger partial charge on any atom is -0.507 e. The summed E-state index contributed by atoms with van der Waals surface area (Å²) in [7, 11) is 0. The third kappa shape index (κ3) is 3.96. The van der Waals surface area contributed by atoms with Crippen LogP contribution >= 0.6 is 0 Å². The molecule has 0 saturated carbocycles. The zero-order valence-corrected chi connectivity index (χ0v) is 10.5. The van der Waals surface area contributed by atoms with Crippen molar-refractivity contribution in [1.29, 1.82) is 0 Å². The molecule has 1 aliphatic rings. The number of carbonyl (C=O) groups excluding carboxylic acids is 1. The largest absolute Gasteiger partial charge is 0.507 e. The molecule has 1 aromatic carbocycles. The van der Waals surface area contributed by atoms with Gasteiger partial charge in [-0.1, -0.05) is 17.3 Å². The van der Waals surface area contributed by atoms with E-state index in [0.29, 0.717) is 31.9 Å². The van der Waals surface area contributed by atoms with Crippen LogP contribution in [0, 0.1) is 0 Å². The monoisotopic (exact) mass is 264 g/mol.